The number of nitrogens with zero attached hydrogens (tertiary/aromatic N) is 4. The molecule has 2 aliphatic heterocycles. The van der Waals surface area contributed by atoms with Crippen molar-refractivity contribution >= 4 is 27.8 Å². The summed E-state index contributed by atoms with van der Waals surface area (Å²) in [4.78, 5) is 27.9. The number of benzene rings is 2. The van der Waals surface area contributed by atoms with Crippen LogP contribution in [0.3, 0.4) is 0 Å². The van der Waals surface area contributed by atoms with Crippen molar-refractivity contribution < 1.29 is 59.0 Å². The van der Waals surface area contributed by atoms with Crippen molar-refractivity contribution in [2.24, 2.45) is 11.8 Å². The number of amides is 2. The number of rotatable bonds is 5. The quantitative estimate of drug-likeness (QED) is 0.214. The van der Waals surface area contributed by atoms with Crippen molar-refractivity contribution in [3.05, 3.63) is 70.8 Å². The molecular weight excluding hydrogens is 852 g/mol. The average Bonchev–Trinajstić information content (AvgIpc) is 4.06. The number of fused-ring (bicyclic) bond motifs is 2. The van der Waals surface area contributed by atoms with Gasteiger partial charge in [-0.05, 0) is 128 Å². The van der Waals surface area contributed by atoms with Gasteiger partial charge in [0, 0.05) is 62.1 Å². The van der Waals surface area contributed by atoms with Crippen LogP contribution < -0.4 is 0 Å². The fourth-order valence-electron chi connectivity index (χ4n) is 7.49. The second-order valence-electron chi connectivity index (χ2n) is 18.8. The van der Waals surface area contributed by atoms with E-state index in [1.54, 1.807) is 48.7 Å². The largest absolute Gasteiger partial charge is 0.762 e. The van der Waals surface area contributed by atoms with Gasteiger partial charge in [0.25, 0.3) is 0 Å². The van der Waals surface area contributed by atoms with Crippen LogP contribution in [0.2, 0.25) is 19.6 Å². The molecule has 4 aliphatic rings. The molecule has 2 unspecified atom stereocenters. The first-order chi connectivity index (χ1) is 29.0. The number of ether oxygens (including phenoxy) is 4. The molecular formula is C44H62BF7N4O6Si. The molecule has 2 saturated carbocycles. The van der Waals surface area contributed by atoms with Gasteiger partial charge in [-0.15, -0.1) is 0 Å². The molecule has 6 atom stereocenters. The summed E-state index contributed by atoms with van der Waals surface area (Å²) in [7, 11) is -3.44. The Bertz CT molecular complexity index is 1890. The van der Waals surface area contributed by atoms with Gasteiger partial charge in [0.05, 0.1) is 6.07 Å². The fourth-order valence-corrected chi connectivity index (χ4v) is 7.49. The fraction of sp³-hybridized carbons (Fsp3) is 0.636. The Kier molecular flexibility index (Phi) is 19.6. The molecule has 350 valence electrons. The molecule has 2 saturated heterocycles. The third kappa shape index (κ3) is 17.0. The van der Waals surface area contributed by atoms with Crippen molar-refractivity contribution in [3.63, 3.8) is 0 Å². The van der Waals surface area contributed by atoms with Crippen molar-refractivity contribution in [1.29, 1.82) is 10.5 Å². The van der Waals surface area contributed by atoms with E-state index in [-0.39, 0.29) is 24.6 Å². The highest BCUT2D eigenvalue weighted by atomic mass is 28.3. The van der Waals surface area contributed by atoms with Crippen LogP contribution in [-0.4, -0.2) is 94.5 Å². The second-order valence-corrected chi connectivity index (χ2v) is 23.6. The topological polar surface area (TPSA) is 125 Å². The predicted molar refractivity (Wildman–Crippen MR) is 228 cm³/mol. The number of halogens is 7. The van der Waals surface area contributed by atoms with Gasteiger partial charge in [-0.1, -0.05) is 19.6 Å². The highest BCUT2D eigenvalue weighted by Gasteiger charge is 2.62. The summed E-state index contributed by atoms with van der Waals surface area (Å²) in [6, 6.07) is 8.65. The van der Waals surface area contributed by atoms with Crippen molar-refractivity contribution in [1.82, 2.24) is 9.80 Å². The van der Waals surface area contributed by atoms with Gasteiger partial charge in [-0.3, -0.25) is 22.7 Å². The summed E-state index contributed by atoms with van der Waals surface area (Å²) in [5.74, 6) is -2.04. The maximum absolute atomic E-state index is 13.6. The van der Waals surface area contributed by atoms with E-state index in [4.69, 9.17) is 24.2 Å². The SMILES string of the molecule is CC(C)(C)OC(=O)N1C[C@@]2(c3cc(F)cc(F)c3)C[C@H]2CC1C#N.CCOCC.COC1C[C@@H]2C[C@]2(c2cc(F)cc(F)c2)CN1C(=O)OC(C)(C)C.C[Si](C)(C)C#N.FB(F)F. The van der Waals surface area contributed by atoms with Crippen LogP contribution in [0.15, 0.2) is 36.4 Å². The summed E-state index contributed by atoms with van der Waals surface area (Å²) in [6.07, 6.45) is 1.23. The van der Waals surface area contributed by atoms with E-state index in [2.05, 4.69) is 11.8 Å². The monoisotopic (exact) mass is 914 g/mol. The van der Waals surface area contributed by atoms with Gasteiger partial charge in [-0.2, -0.15) is 5.26 Å². The summed E-state index contributed by atoms with van der Waals surface area (Å²) in [6.45, 7) is 23.0. The van der Waals surface area contributed by atoms with Crippen LogP contribution in [0.25, 0.3) is 0 Å². The lowest BCUT2D eigenvalue weighted by Gasteiger charge is -2.39. The van der Waals surface area contributed by atoms with Crippen LogP contribution in [0.1, 0.15) is 92.2 Å². The van der Waals surface area contributed by atoms with Crippen LogP contribution >= 0.6 is 0 Å². The molecule has 0 spiro atoms. The molecule has 4 fully saturated rings. The number of carbonyl (C=O) groups excluding carboxylic acids is 2. The Morgan fingerprint density at radius 1 is 0.730 bits per heavy atom. The minimum atomic E-state index is -3.67. The van der Waals surface area contributed by atoms with Gasteiger partial charge in [0.2, 0.25) is 0 Å². The van der Waals surface area contributed by atoms with Crippen molar-refractivity contribution in [2.45, 2.75) is 135 Å². The maximum atomic E-state index is 13.6. The third-order valence-electron chi connectivity index (χ3n) is 10.4. The minimum Gasteiger partial charge on any atom is -0.444 e. The summed E-state index contributed by atoms with van der Waals surface area (Å²) >= 11 is 0. The van der Waals surface area contributed by atoms with E-state index < -0.39 is 79.1 Å². The number of hydrogen-bond donors (Lipinski definition) is 0. The smallest absolute Gasteiger partial charge is 0.444 e. The molecule has 2 aliphatic carbocycles. The zero-order valence-electron chi connectivity index (χ0n) is 38.4. The minimum absolute atomic E-state index is 0.155. The van der Waals surface area contributed by atoms with Crippen LogP contribution in [0.4, 0.5) is 40.1 Å². The predicted octanol–water partition coefficient (Wildman–Crippen LogP) is 10.9. The summed E-state index contributed by atoms with van der Waals surface area (Å²) < 4.78 is 105. The first-order valence-electron chi connectivity index (χ1n) is 20.8. The zero-order chi connectivity index (χ0) is 48.3. The van der Waals surface area contributed by atoms with Crippen molar-refractivity contribution in [3.8, 4) is 11.8 Å². The Balaban J connectivity index is 0.000000329. The highest BCUT2D eigenvalue weighted by molar-refractivity contribution is 6.83. The molecule has 0 N–H and O–H groups in total. The number of piperidine rings is 2. The molecule has 6 rings (SSSR count). The lowest BCUT2D eigenvalue weighted by molar-refractivity contribution is -0.0704. The molecule has 2 aromatic carbocycles. The standard InChI is InChI=1S/C18H20F2N2O2.C18H23F2NO3.C4H9NSi.C4H10O.BF3/c1-17(2,3)24-16(23)22-10-18(8-12(18)6-15(22)9-21)11-4-13(19)7-14(20)5-11;1-17(2,3)24-16(22)21-10-18(9-12(18)7-15(21)23-4)11-5-13(19)8-14(20)6-11;1-6(2,3)4-5;1-3-5-4-2;2-1(3)4/h4-5,7,12,15H,6,8,10H2,1-3H3;5-6,8,12,15H,7,9-10H2,1-4H3;1-3H3;3-4H2,1-2H3;/t2*12-,15?,18-;;;/m11.../s1. The first kappa shape index (κ1) is 54.8. The molecule has 19 heteroatoms. The average molecular weight is 915 g/mol. The van der Waals surface area contributed by atoms with Gasteiger partial charge in [-0.25, -0.2) is 32.4 Å². The van der Waals surface area contributed by atoms with Gasteiger partial charge in [0.1, 0.15) is 46.7 Å². The highest BCUT2D eigenvalue weighted by Crippen LogP contribution is 2.61. The number of methoxy groups -OCH3 is 1. The van der Waals surface area contributed by atoms with Crippen LogP contribution in [0, 0.1) is 57.4 Å². The van der Waals surface area contributed by atoms with E-state index in [1.165, 1.54) is 34.1 Å². The van der Waals surface area contributed by atoms with Gasteiger partial charge < -0.3 is 18.9 Å². The van der Waals surface area contributed by atoms with Gasteiger partial charge >= 0.3 is 19.7 Å². The molecule has 2 heterocycles. The van der Waals surface area contributed by atoms with E-state index in [9.17, 15) is 45.4 Å². The molecule has 0 bridgehead atoms. The normalized spacial score (nSPS) is 24.1. The Labute approximate surface area is 369 Å². The Hall–Kier alpha value is -4.33. The van der Waals surface area contributed by atoms with E-state index >= 15 is 0 Å². The Morgan fingerprint density at radius 2 is 1.08 bits per heavy atom. The van der Waals surface area contributed by atoms with Gasteiger partial charge in [0.15, 0.2) is 8.07 Å². The van der Waals surface area contributed by atoms with E-state index in [0.29, 0.717) is 36.9 Å². The molecule has 63 heavy (non-hydrogen) atoms. The zero-order valence-corrected chi connectivity index (χ0v) is 39.4. The number of hydrogen-bond acceptors (Lipinski definition) is 8. The molecule has 10 nitrogen and oxygen atoms in total. The van der Waals surface area contributed by atoms with E-state index in [1.807, 2.05) is 33.5 Å². The second kappa shape index (κ2) is 22.5. The molecule has 2 amide bonds. The Morgan fingerprint density at radius 3 is 1.38 bits per heavy atom. The maximum Gasteiger partial charge on any atom is 0.762 e. The number of nitriles is 2. The molecule has 0 aromatic heterocycles. The number of carbonyl (C=O) groups is 2. The lowest BCUT2D eigenvalue weighted by Crippen LogP contribution is -2.51. The van der Waals surface area contributed by atoms with Crippen molar-refractivity contribution in [2.75, 3.05) is 33.4 Å². The van der Waals surface area contributed by atoms with Crippen LogP contribution in [-0.2, 0) is 29.8 Å². The first-order valence-corrected chi connectivity index (χ1v) is 24.3. The third-order valence-corrected chi connectivity index (χ3v) is 11.1. The van der Waals surface area contributed by atoms with Crippen LogP contribution in [0.5, 0.6) is 0 Å². The lowest BCUT2D eigenvalue weighted by atomic mass is 9.86. The molecule has 2 aromatic rings. The number of likely N-dealkylation sites (tertiary alicyclic amines) is 2. The molecule has 0 radical (unpaired) electrons. The summed E-state index contributed by atoms with van der Waals surface area (Å²) in [5.41, 5.74) is 1.22. The summed E-state index contributed by atoms with van der Waals surface area (Å²) in [5, 5.41) is 17.6. The van der Waals surface area contributed by atoms with E-state index in [0.717, 1.165) is 31.8 Å².